The Labute approximate surface area is 141 Å². The summed E-state index contributed by atoms with van der Waals surface area (Å²) in [4.78, 5) is 16.6. The number of benzene rings is 1. The monoisotopic (exact) mass is 330 g/mol. The molecule has 0 radical (unpaired) electrons. The molecule has 6 nitrogen and oxygen atoms in total. The van der Waals surface area contributed by atoms with Crippen molar-refractivity contribution in [2.75, 3.05) is 20.3 Å². The van der Waals surface area contributed by atoms with Crippen molar-refractivity contribution < 1.29 is 19.4 Å². The molecule has 128 valence electrons. The first-order chi connectivity index (χ1) is 11.5. The van der Waals surface area contributed by atoms with Crippen LogP contribution in [0.4, 0.5) is 0 Å². The quantitative estimate of drug-likeness (QED) is 0.762. The van der Waals surface area contributed by atoms with Crippen LogP contribution < -0.4 is 10.1 Å². The smallest absolute Gasteiger partial charge is 0.251 e. The van der Waals surface area contributed by atoms with Crippen LogP contribution in [0.2, 0.25) is 0 Å². The van der Waals surface area contributed by atoms with Crippen molar-refractivity contribution in [2.45, 2.75) is 20.4 Å². The summed E-state index contributed by atoms with van der Waals surface area (Å²) in [6.07, 6.45) is 1.74. The third-order valence-corrected chi connectivity index (χ3v) is 3.56. The van der Waals surface area contributed by atoms with Crippen LogP contribution in [0, 0.1) is 13.8 Å². The number of amides is 1. The maximum Gasteiger partial charge on any atom is 0.251 e. The van der Waals surface area contributed by atoms with Gasteiger partial charge in [-0.1, -0.05) is 6.07 Å². The van der Waals surface area contributed by atoms with Gasteiger partial charge in [0, 0.05) is 37.2 Å². The predicted octanol–water partition coefficient (Wildman–Crippen LogP) is 2.36. The van der Waals surface area contributed by atoms with Crippen LogP contribution in [0.3, 0.4) is 0 Å². The minimum atomic E-state index is -0.291. The first-order valence-corrected chi connectivity index (χ1v) is 7.65. The Balaban J connectivity index is 2.01. The zero-order valence-corrected chi connectivity index (χ0v) is 14.1. The van der Waals surface area contributed by atoms with E-state index in [9.17, 15) is 9.90 Å². The predicted molar refractivity (Wildman–Crippen MR) is 90.4 cm³/mol. The molecule has 2 N–H and O–H groups in total. The Morgan fingerprint density at radius 1 is 1.21 bits per heavy atom. The molecule has 1 heterocycles. The fraction of sp³-hybridized carbons (Fsp3) is 0.333. The van der Waals surface area contributed by atoms with Crippen molar-refractivity contribution in [2.24, 2.45) is 0 Å². The van der Waals surface area contributed by atoms with Gasteiger partial charge in [0.15, 0.2) is 0 Å². The molecule has 0 saturated carbocycles. The second kappa shape index (κ2) is 8.31. The van der Waals surface area contributed by atoms with E-state index in [1.54, 1.807) is 19.4 Å². The number of phenols is 1. The van der Waals surface area contributed by atoms with Crippen LogP contribution in [0.25, 0.3) is 0 Å². The zero-order valence-electron chi connectivity index (χ0n) is 14.1. The second-order valence-corrected chi connectivity index (χ2v) is 5.49. The van der Waals surface area contributed by atoms with E-state index in [1.165, 1.54) is 12.1 Å². The summed E-state index contributed by atoms with van der Waals surface area (Å²) < 4.78 is 10.3. The lowest BCUT2D eigenvalue weighted by Crippen LogP contribution is -2.23. The van der Waals surface area contributed by atoms with Gasteiger partial charge in [0.2, 0.25) is 0 Å². The average Bonchev–Trinajstić information content (AvgIpc) is 2.55. The van der Waals surface area contributed by atoms with Gasteiger partial charge in [0.05, 0.1) is 6.61 Å². The number of methoxy groups -OCH3 is 1. The number of nitrogens with zero attached hydrogens (tertiary/aromatic N) is 1. The van der Waals surface area contributed by atoms with Gasteiger partial charge in [-0.25, -0.2) is 0 Å². The first kappa shape index (κ1) is 17.7. The van der Waals surface area contributed by atoms with E-state index in [1.807, 2.05) is 19.9 Å². The van der Waals surface area contributed by atoms with E-state index in [0.29, 0.717) is 31.1 Å². The molecule has 0 aliphatic rings. The lowest BCUT2D eigenvalue weighted by atomic mass is 10.1. The van der Waals surface area contributed by atoms with E-state index >= 15 is 0 Å². The van der Waals surface area contributed by atoms with Crippen molar-refractivity contribution in [1.82, 2.24) is 10.3 Å². The molecule has 6 heteroatoms. The van der Waals surface area contributed by atoms with Crippen molar-refractivity contribution in [3.63, 3.8) is 0 Å². The molecule has 0 saturated heterocycles. The molecule has 2 aromatic rings. The number of nitrogens with one attached hydrogen (secondary N) is 1. The molecular formula is C18H22N2O4. The van der Waals surface area contributed by atoms with Crippen LogP contribution in [0.15, 0.2) is 30.5 Å². The van der Waals surface area contributed by atoms with Crippen molar-refractivity contribution in [3.05, 3.63) is 52.8 Å². The van der Waals surface area contributed by atoms with E-state index in [0.717, 1.165) is 16.8 Å². The van der Waals surface area contributed by atoms with Crippen molar-refractivity contribution >= 4 is 5.91 Å². The summed E-state index contributed by atoms with van der Waals surface area (Å²) in [5.74, 6) is 0.105. The number of hydrogen-bond donors (Lipinski definition) is 2. The first-order valence-electron chi connectivity index (χ1n) is 7.65. The molecule has 0 unspecified atom stereocenters. The molecule has 0 aliphatic heterocycles. The highest BCUT2D eigenvalue weighted by Gasteiger charge is 2.10. The highest BCUT2D eigenvalue weighted by Crippen LogP contribution is 2.22. The standard InChI is InChI=1S/C18H22N2O4/c1-12-6-14(10-19-13(12)2)11-20-18(22)15-7-16(21)9-17(8-15)24-5-4-23-3/h6-10,21H,4-5,11H2,1-3H3,(H,20,22). The van der Waals surface area contributed by atoms with Gasteiger partial charge in [-0.2, -0.15) is 0 Å². The maximum absolute atomic E-state index is 12.3. The van der Waals surface area contributed by atoms with Crippen LogP contribution >= 0.6 is 0 Å². The molecule has 1 amide bonds. The summed E-state index contributed by atoms with van der Waals surface area (Å²) in [5.41, 5.74) is 3.30. The van der Waals surface area contributed by atoms with E-state index < -0.39 is 0 Å². The fourth-order valence-corrected chi connectivity index (χ4v) is 2.12. The van der Waals surface area contributed by atoms with E-state index in [-0.39, 0.29) is 11.7 Å². The highest BCUT2D eigenvalue weighted by molar-refractivity contribution is 5.95. The molecule has 1 aromatic heterocycles. The minimum absolute atomic E-state index is 0.0251. The summed E-state index contributed by atoms with van der Waals surface area (Å²) in [5, 5.41) is 12.6. The number of pyridine rings is 1. The van der Waals surface area contributed by atoms with Gasteiger partial charge in [-0.05, 0) is 37.1 Å². The lowest BCUT2D eigenvalue weighted by Gasteiger charge is -2.10. The summed E-state index contributed by atoms with van der Waals surface area (Å²) in [6.45, 7) is 5.05. The number of aryl methyl sites for hydroxylation is 2. The van der Waals surface area contributed by atoms with Gasteiger partial charge in [0.1, 0.15) is 18.1 Å². The number of aromatic hydroxyl groups is 1. The van der Waals surface area contributed by atoms with Gasteiger partial charge < -0.3 is 19.9 Å². The Morgan fingerprint density at radius 3 is 2.71 bits per heavy atom. The molecule has 2 rings (SSSR count). The number of carbonyl (C=O) groups excluding carboxylic acids is 1. The number of carbonyl (C=O) groups is 1. The van der Waals surface area contributed by atoms with Crippen molar-refractivity contribution in [3.8, 4) is 11.5 Å². The third-order valence-electron chi connectivity index (χ3n) is 3.56. The average molecular weight is 330 g/mol. The normalized spacial score (nSPS) is 10.5. The topological polar surface area (TPSA) is 80.7 Å². The number of ether oxygens (including phenoxy) is 2. The van der Waals surface area contributed by atoms with Crippen LogP contribution in [-0.2, 0) is 11.3 Å². The molecule has 0 atom stereocenters. The van der Waals surface area contributed by atoms with E-state index in [4.69, 9.17) is 9.47 Å². The van der Waals surface area contributed by atoms with Gasteiger partial charge in [-0.3, -0.25) is 9.78 Å². The third kappa shape index (κ3) is 4.96. The maximum atomic E-state index is 12.3. The molecular weight excluding hydrogens is 308 g/mol. The van der Waals surface area contributed by atoms with Gasteiger partial charge >= 0.3 is 0 Å². The molecule has 0 spiro atoms. The van der Waals surface area contributed by atoms with Crippen LogP contribution in [0.5, 0.6) is 11.5 Å². The molecule has 0 fully saturated rings. The highest BCUT2D eigenvalue weighted by atomic mass is 16.5. The summed E-state index contributed by atoms with van der Waals surface area (Å²) >= 11 is 0. The zero-order chi connectivity index (χ0) is 17.5. The molecule has 24 heavy (non-hydrogen) atoms. The second-order valence-electron chi connectivity index (χ2n) is 5.49. The lowest BCUT2D eigenvalue weighted by molar-refractivity contribution is 0.0949. The van der Waals surface area contributed by atoms with Crippen LogP contribution in [0.1, 0.15) is 27.2 Å². The Morgan fingerprint density at radius 2 is 2.00 bits per heavy atom. The SMILES string of the molecule is COCCOc1cc(O)cc(C(=O)NCc2cnc(C)c(C)c2)c1. The molecule has 0 bridgehead atoms. The summed E-state index contributed by atoms with van der Waals surface area (Å²) in [7, 11) is 1.58. The molecule has 0 aliphatic carbocycles. The largest absolute Gasteiger partial charge is 0.508 e. The number of phenolic OH excluding ortho intramolecular Hbond substituents is 1. The minimum Gasteiger partial charge on any atom is -0.508 e. The Bertz CT molecular complexity index is 716. The Hall–Kier alpha value is -2.60. The van der Waals surface area contributed by atoms with Gasteiger partial charge in [-0.15, -0.1) is 0 Å². The van der Waals surface area contributed by atoms with Crippen molar-refractivity contribution in [1.29, 1.82) is 0 Å². The fourth-order valence-electron chi connectivity index (χ4n) is 2.12. The molecule has 1 aromatic carbocycles. The number of hydrogen-bond acceptors (Lipinski definition) is 5. The summed E-state index contributed by atoms with van der Waals surface area (Å²) in [6, 6.07) is 6.44. The Kier molecular flexibility index (Phi) is 6.14. The van der Waals surface area contributed by atoms with E-state index in [2.05, 4.69) is 10.3 Å². The number of rotatable bonds is 7. The number of aromatic nitrogens is 1. The van der Waals surface area contributed by atoms with Crippen LogP contribution in [-0.4, -0.2) is 36.3 Å². The van der Waals surface area contributed by atoms with Gasteiger partial charge in [0.25, 0.3) is 5.91 Å².